The summed E-state index contributed by atoms with van der Waals surface area (Å²) in [6.07, 6.45) is 1.23. The lowest BCUT2D eigenvalue weighted by molar-refractivity contribution is -0.116. The lowest BCUT2D eigenvalue weighted by Gasteiger charge is -2.30. The molecule has 3 nitrogen and oxygen atoms in total. The molecule has 0 bridgehead atoms. The Morgan fingerprint density at radius 2 is 1.53 bits per heavy atom. The van der Waals surface area contributed by atoms with Gasteiger partial charge in [-0.15, -0.1) is 0 Å². The maximum absolute atomic E-state index is 13.5. The summed E-state index contributed by atoms with van der Waals surface area (Å²) >= 11 is 12.3. The third-order valence-electron chi connectivity index (χ3n) is 5.83. The minimum absolute atomic E-state index is 0.117. The highest BCUT2D eigenvalue weighted by molar-refractivity contribution is 6.30. The standard InChI is InChI=1S/C25H20Cl2N2O/c26-18-10-8-15(9-11-18)17-13-22-24(23(30)14-17)25(16-4-3-5-19(27)12-16)29-21-7-2-1-6-20(21)28-22/h1-12,17,25,28-29H,13-14H2/t17-,25+/m1/s1. The quantitative estimate of drug-likeness (QED) is 0.457. The predicted octanol–water partition coefficient (Wildman–Crippen LogP) is 6.97. The third-order valence-corrected chi connectivity index (χ3v) is 6.32. The zero-order valence-electron chi connectivity index (χ0n) is 16.2. The third kappa shape index (κ3) is 3.60. The number of para-hydroxylation sites is 2. The number of halogens is 2. The molecule has 30 heavy (non-hydrogen) atoms. The Balaban J connectivity index is 1.61. The van der Waals surface area contributed by atoms with Crippen LogP contribution in [0, 0.1) is 0 Å². The summed E-state index contributed by atoms with van der Waals surface area (Å²) in [7, 11) is 0. The summed E-state index contributed by atoms with van der Waals surface area (Å²) in [6.45, 7) is 0. The van der Waals surface area contributed by atoms with E-state index in [1.54, 1.807) is 0 Å². The highest BCUT2D eigenvalue weighted by atomic mass is 35.5. The second kappa shape index (κ2) is 7.82. The van der Waals surface area contributed by atoms with E-state index in [9.17, 15) is 4.79 Å². The van der Waals surface area contributed by atoms with Gasteiger partial charge in [0.1, 0.15) is 0 Å². The van der Waals surface area contributed by atoms with Crippen molar-refractivity contribution in [1.29, 1.82) is 0 Å². The van der Waals surface area contributed by atoms with Crippen LogP contribution in [-0.4, -0.2) is 5.78 Å². The Kier molecular flexibility index (Phi) is 5.01. The zero-order chi connectivity index (χ0) is 20.7. The number of hydrogen-bond acceptors (Lipinski definition) is 3. The van der Waals surface area contributed by atoms with Crippen LogP contribution in [-0.2, 0) is 4.79 Å². The summed E-state index contributed by atoms with van der Waals surface area (Å²) < 4.78 is 0. The lowest BCUT2D eigenvalue weighted by atomic mass is 9.78. The molecule has 0 saturated heterocycles. The first-order chi connectivity index (χ1) is 14.6. The maximum atomic E-state index is 13.5. The first-order valence-electron chi connectivity index (χ1n) is 9.98. The van der Waals surface area contributed by atoms with Gasteiger partial charge >= 0.3 is 0 Å². The van der Waals surface area contributed by atoms with Crippen molar-refractivity contribution in [3.05, 3.63) is 105 Å². The highest BCUT2D eigenvalue weighted by Gasteiger charge is 2.36. The number of Topliss-reactive ketones (excluding diaryl/α,β-unsaturated/α-hetero) is 1. The van der Waals surface area contributed by atoms with Crippen LogP contribution in [0.4, 0.5) is 11.4 Å². The molecule has 1 heterocycles. The van der Waals surface area contributed by atoms with Crippen LogP contribution >= 0.6 is 23.2 Å². The van der Waals surface area contributed by atoms with E-state index in [1.807, 2.05) is 72.8 Å². The van der Waals surface area contributed by atoms with E-state index in [-0.39, 0.29) is 17.7 Å². The number of benzene rings is 3. The summed E-state index contributed by atoms with van der Waals surface area (Å²) in [5.41, 5.74) is 5.80. The summed E-state index contributed by atoms with van der Waals surface area (Å²) in [5.74, 6) is 0.264. The number of carbonyl (C=O) groups excluding carboxylic acids is 1. The second-order valence-electron chi connectivity index (χ2n) is 7.78. The molecule has 3 aromatic carbocycles. The SMILES string of the molecule is O=C1C[C@H](c2ccc(Cl)cc2)CC2=C1[C@H](c1cccc(Cl)c1)Nc1ccccc1N2. The van der Waals surface area contributed by atoms with E-state index < -0.39 is 0 Å². The van der Waals surface area contributed by atoms with Crippen molar-refractivity contribution in [2.24, 2.45) is 0 Å². The van der Waals surface area contributed by atoms with E-state index in [2.05, 4.69) is 10.6 Å². The van der Waals surface area contributed by atoms with Crippen molar-refractivity contribution < 1.29 is 4.79 Å². The number of nitrogens with one attached hydrogen (secondary N) is 2. The minimum Gasteiger partial charge on any atom is -0.372 e. The fraction of sp³-hybridized carbons (Fsp3) is 0.160. The molecule has 150 valence electrons. The molecule has 3 aromatic rings. The monoisotopic (exact) mass is 434 g/mol. The van der Waals surface area contributed by atoms with Crippen LogP contribution in [0.1, 0.15) is 35.9 Å². The molecule has 2 N–H and O–H groups in total. The number of ketones is 1. The van der Waals surface area contributed by atoms with Gasteiger partial charge in [-0.3, -0.25) is 4.79 Å². The molecule has 1 aliphatic carbocycles. The van der Waals surface area contributed by atoms with Crippen LogP contribution in [0.3, 0.4) is 0 Å². The molecule has 0 spiro atoms. The van der Waals surface area contributed by atoms with Crippen LogP contribution in [0.5, 0.6) is 0 Å². The molecular formula is C25H20Cl2N2O. The van der Waals surface area contributed by atoms with E-state index in [0.29, 0.717) is 16.5 Å². The Labute approximate surface area is 185 Å². The average molecular weight is 435 g/mol. The van der Waals surface area contributed by atoms with Gasteiger partial charge in [-0.1, -0.05) is 59.6 Å². The summed E-state index contributed by atoms with van der Waals surface area (Å²) in [6, 6.07) is 23.3. The Morgan fingerprint density at radius 3 is 2.30 bits per heavy atom. The van der Waals surface area contributed by atoms with E-state index >= 15 is 0 Å². The molecule has 0 unspecified atom stereocenters. The van der Waals surface area contributed by atoms with Gasteiger partial charge in [-0.05, 0) is 59.9 Å². The topological polar surface area (TPSA) is 41.1 Å². The van der Waals surface area contributed by atoms with E-state index in [0.717, 1.165) is 40.2 Å². The smallest absolute Gasteiger partial charge is 0.163 e. The van der Waals surface area contributed by atoms with Crippen molar-refractivity contribution >= 4 is 40.4 Å². The fourth-order valence-electron chi connectivity index (χ4n) is 4.40. The Morgan fingerprint density at radius 1 is 0.767 bits per heavy atom. The molecule has 0 radical (unpaired) electrons. The van der Waals surface area contributed by atoms with Crippen molar-refractivity contribution in [2.75, 3.05) is 10.6 Å². The van der Waals surface area contributed by atoms with Crippen LogP contribution in [0.2, 0.25) is 10.0 Å². The van der Waals surface area contributed by atoms with Gasteiger partial charge < -0.3 is 10.6 Å². The minimum atomic E-state index is -0.256. The second-order valence-corrected chi connectivity index (χ2v) is 8.65. The molecule has 0 saturated carbocycles. The lowest BCUT2D eigenvalue weighted by Crippen LogP contribution is -2.26. The van der Waals surface area contributed by atoms with Crippen LogP contribution in [0.25, 0.3) is 0 Å². The molecule has 0 aromatic heterocycles. The molecular weight excluding hydrogens is 415 g/mol. The maximum Gasteiger partial charge on any atom is 0.163 e. The number of hydrogen-bond donors (Lipinski definition) is 2. The van der Waals surface area contributed by atoms with Crippen LogP contribution < -0.4 is 10.6 Å². The molecule has 0 amide bonds. The largest absolute Gasteiger partial charge is 0.372 e. The molecule has 5 heteroatoms. The number of carbonyl (C=O) groups is 1. The number of rotatable bonds is 2. The number of anilines is 2. The van der Waals surface area contributed by atoms with Crippen molar-refractivity contribution in [3.63, 3.8) is 0 Å². The van der Waals surface area contributed by atoms with Crippen molar-refractivity contribution in [1.82, 2.24) is 0 Å². The summed E-state index contributed by atoms with van der Waals surface area (Å²) in [4.78, 5) is 13.5. The Hall–Kier alpha value is -2.75. The van der Waals surface area contributed by atoms with Gasteiger partial charge in [-0.2, -0.15) is 0 Å². The predicted molar refractivity (Wildman–Crippen MR) is 123 cm³/mol. The van der Waals surface area contributed by atoms with Crippen molar-refractivity contribution in [3.8, 4) is 0 Å². The summed E-state index contributed by atoms with van der Waals surface area (Å²) in [5, 5.41) is 8.49. The van der Waals surface area contributed by atoms with Gasteiger partial charge in [0.2, 0.25) is 0 Å². The van der Waals surface area contributed by atoms with Crippen LogP contribution in [0.15, 0.2) is 84.1 Å². The zero-order valence-corrected chi connectivity index (χ0v) is 17.7. The van der Waals surface area contributed by atoms with Gasteiger partial charge in [0, 0.05) is 27.7 Å². The average Bonchev–Trinajstić information content (AvgIpc) is 2.91. The normalized spacial score (nSPS) is 20.5. The first kappa shape index (κ1) is 19.2. The first-order valence-corrected chi connectivity index (χ1v) is 10.7. The van der Waals surface area contributed by atoms with Gasteiger partial charge in [0.25, 0.3) is 0 Å². The molecule has 1 aliphatic heterocycles. The van der Waals surface area contributed by atoms with E-state index in [4.69, 9.17) is 23.2 Å². The van der Waals surface area contributed by atoms with Gasteiger partial charge in [0.05, 0.1) is 17.4 Å². The van der Waals surface area contributed by atoms with E-state index in [1.165, 1.54) is 0 Å². The number of fused-ring (bicyclic) bond motifs is 1. The molecule has 2 atom stereocenters. The molecule has 5 rings (SSSR count). The van der Waals surface area contributed by atoms with Gasteiger partial charge in [-0.25, -0.2) is 0 Å². The Bertz CT molecular complexity index is 1150. The van der Waals surface area contributed by atoms with Crippen molar-refractivity contribution in [2.45, 2.75) is 24.8 Å². The fourth-order valence-corrected chi connectivity index (χ4v) is 4.72. The number of allylic oxidation sites excluding steroid dienone is 1. The highest BCUT2D eigenvalue weighted by Crippen LogP contribution is 2.44. The molecule has 2 aliphatic rings. The molecule has 0 fully saturated rings. The van der Waals surface area contributed by atoms with Gasteiger partial charge in [0.15, 0.2) is 5.78 Å².